The molecule has 2 nitrogen and oxygen atoms in total. The van der Waals surface area contributed by atoms with Gasteiger partial charge in [0.25, 0.3) is 0 Å². The molecule has 0 radical (unpaired) electrons. The maximum absolute atomic E-state index is 2.80. The van der Waals surface area contributed by atoms with Crippen molar-refractivity contribution >= 4 is 46.2 Å². The number of anilines is 5. The second-order valence-electron chi connectivity index (χ2n) is 21.9. The van der Waals surface area contributed by atoms with Crippen molar-refractivity contribution < 1.29 is 0 Å². The number of nitrogens with zero attached hydrogens (tertiary/aromatic N) is 2. The van der Waals surface area contributed by atoms with Crippen molar-refractivity contribution in [2.24, 2.45) is 0 Å². The summed E-state index contributed by atoms with van der Waals surface area (Å²) in [5.74, 6) is 0. The maximum atomic E-state index is 2.80. The van der Waals surface area contributed by atoms with Gasteiger partial charge >= 0.3 is 6.85 Å². The number of rotatable bonds is 3. The molecule has 316 valence electrons. The molecule has 0 spiro atoms. The van der Waals surface area contributed by atoms with E-state index in [-0.39, 0.29) is 28.5 Å². The highest BCUT2D eigenvalue weighted by atomic mass is 15.2. The number of benzene rings is 8. The van der Waals surface area contributed by atoms with E-state index in [9.17, 15) is 0 Å². The van der Waals surface area contributed by atoms with E-state index in [0.717, 1.165) is 0 Å². The van der Waals surface area contributed by atoms with Crippen LogP contribution in [0.1, 0.15) is 102 Å². The Morgan fingerprint density at radius 3 is 1.71 bits per heavy atom. The fourth-order valence-electron chi connectivity index (χ4n) is 13.0. The summed E-state index contributed by atoms with van der Waals surface area (Å²) in [5.41, 5.74) is 27.9. The molecule has 0 fully saturated rings. The van der Waals surface area contributed by atoms with Gasteiger partial charge in [-0.05, 0) is 137 Å². The Balaban J connectivity index is 1.17. The lowest BCUT2D eigenvalue weighted by Gasteiger charge is -2.53. The zero-order valence-corrected chi connectivity index (χ0v) is 39.0. The van der Waals surface area contributed by atoms with E-state index < -0.39 is 0 Å². The number of fused-ring (bicyclic) bond motifs is 11. The average Bonchev–Trinajstić information content (AvgIpc) is 3.55. The predicted octanol–water partition coefficient (Wildman–Crippen LogP) is 15.0. The summed E-state index contributed by atoms with van der Waals surface area (Å²) < 4.78 is 0. The fourth-order valence-corrected chi connectivity index (χ4v) is 13.0. The quantitative estimate of drug-likeness (QED) is 0.164. The van der Waals surface area contributed by atoms with Crippen molar-refractivity contribution in [3.8, 4) is 44.5 Å². The second kappa shape index (κ2) is 13.0. The lowest BCUT2D eigenvalue weighted by atomic mass is 9.42. The van der Waals surface area contributed by atoms with E-state index in [1.165, 1.54) is 130 Å². The molecule has 8 aromatic rings. The first-order valence-electron chi connectivity index (χ1n) is 23.8. The normalized spacial score (nSPS) is 17.8. The van der Waals surface area contributed by atoms with Gasteiger partial charge in [0, 0.05) is 39.1 Å². The summed E-state index contributed by atoms with van der Waals surface area (Å²) in [6.07, 6.45) is 2.37. The average molecular weight is 839 g/mol. The third-order valence-corrected chi connectivity index (χ3v) is 16.7. The Hall–Kier alpha value is -6.58. The van der Waals surface area contributed by atoms with Crippen LogP contribution >= 0.6 is 0 Å². The summed E-state index contributed by atoms with van der Waals surface area (Å²) >= 11 is 0. The molecule has 3 aliphatic heterocycles. The molecule has 65 heavy (non-hydrogen) atoms. The lowest BCUT2D eigenvalue weighted by molar-refractivity contribution is 0.331. The van der Waals surface area contributed by atoms with Crippen molar-refractivity contribution in [1.29, 1.82) is 0 Å². The minimum Gasteiger partial charge on any atom is -0.376 e. The topological polar surface area (TPSA) is 6.48 Å². The Kier molecular flexibility index (Phi) is 7.79. The van der Waals surface area contributed by atoms with E-state index in [4.69, 9.17) is 0 Å². The van der Waals surface area contributed by atoms with Gasteiger partial charge in [-0.3, -0.25) is 0 Å². The van der Waals surface area contributed by atoms with E-state index in [1.54, 1.807) is 0 Å². The minimum absolute atomic E-state index is 0.0633. The zero-order valence-electron chi connectivity index (χ0n) is 39.0. The van der Waals surface area contributed by atoms with Crippen LogP contribution < -0.4 is 20.6 Å². The minimum atomic E-state index is -0.241. The molecule has 0 amide bonds. The van der Waals surface area contributed by atoms with Crippen LogP contribution in [0.2, 0.25) is 0 Å². The number of hydrogen-bond acceptors (Lipinski definition) is 2. The first kappa shape index (κ1) is 38.8. The highest BCUT2D eigenvalue weighted by Gasteiger charge is 2.54. The molecule has 3 heterocycles. The molecule has 8 aromatic carbocycles. The third-order valence-electron chi connectivity index (χ3n) is 16.7. The van der Waals surface area contributed by atoms with Gasteiger partial charge in [0.05, 0.1) is 5.69 Å². The van der Waals surface area contributed by atoms with Crippen LogP contribution in [0.15, 0.2) is 164 Å². The van der Waals surface area contributed by atoms with Gasteiger partial charge in [0.1, 0.15) is 0 Å². The van der Waals surface area contributed by atoms with Gasteiger partial charge < -0.3 is 9.71 Å². The Labute approximate surface area is 385 Å². The van der Waals surface area contributed by atoms with Crippen LogP contribution in [0.4, 0.5) is 28.4 Å². The van der Waals surface area contributed by atoms with Crippen LogP contribution in [0.3, 0.4) is 0 Å². The van der Waals surface area contributed by atoms with Gasteiger partial charge in [-0.25, -0.2) is 0 Å². The van der Waals surface area contributed by atoms with Crippen LogP contribution in [0.5, 0.6) is 0 Å². The van der Waals surface area contributed by atoms with Crippen molar-refractivity contribution in [2.75, 3.05) is 9.71 Å². The lowest BCUT2D eigenvalue weighted by Crippen LogP contribution is -2.63. The largest absolute Gasteiger partial charge is 0.376 e. The maximum Gasteiger partial charge on any atom is 0.333 e. The van der Waals surface area contributed by atoms with E-state index in [1.807, 2.05) is 0 Å². The van der Waals surface area contributed by atoms with Crippen LogP contribution in [-0.4, -0.2) is 6.85 Å². The van der Waals surface area contributed by atoms with E-state index >= 15 is 0 Å². The molecule has 0 bridgehead atoms. The number of hydrogen-bond donors (Lipinski definition) is 0. The van der Waals surface area contributed by atoms with Crippen LogP contribution in [0.25, 0.3) is 44.5 Å². The highest BCUT2D eigenvalue weighted by molar-refractivity contribution is 6.93. The molecule has 2 aliphatic carbocycles. The van der Waals surface area contributed by atoms with Gasteiger partial charge in [0.15, 0.2) is 0 Å². The van der Waals surface area contributed by atoms with E-state index in [2.05, 4.69) is 229 Å². The standard InChI is InChI=1S/C62H55BN2/c1-59(2)32-33-60(3,4)50-37-54-51(36-49(50)59)61(5,6)48-24-17-25-52-57(48)64(54)58-55-45(43-22-15-16-23-47(43)62(55,7)8)35-46-44-31-28-41(39-20-13-10-14-21-39)34-53(44)65(63(52)56(46)58)42-29-26-40(27-30-42)38-18-11-9-12-19-38/h9-31,34-37H,32-33H2,1-8H3. The Morgan fingerprint density at radius 1 is 0.400 bits per heavy atom. The summed E-state index contributed by atoms with van der Waals surface area (Å²) in [6.45, 7) is 19.8. The molecule has 0 saturated carbocycles. The van der Waals surface area contributed by atoms with Crippen molar-refractivity contribution in [3.63, 3.8) is 0 Å². The number of para-hydroxylation sites is 1. The molecule has 13 rings (SSSR count). The molecule has 5 aliphatic rings. The van der Waals surface area contributed by atoms with Crippen LogP contribution in [0, 0.1) is 0 Å². The summed E-state index contributed by atoms with van der Waals surface area (Å²) in [6, 6.07) is 62.8. The molecule has 0 N–H and O–H groups in total. The van der Waals surface area contributed by atoms with Crippen molar-refractivity contribution in [2.45, 2.75) is 89.9 Å². The Bertz CT molecular complexity index is 3320. The van der Waals surface area contributed by atoms with Gasteiger partial charge in [0.2, 0.25) is 0 Å². The summed E-state index contributed by atoms with van der Waals surface area (Å²) in [7, 11) is 0. The predicted molar refractivity (Wildman–Crippen MR) is 276 cm³/mol. The molecular weight excluding hydrogens is 784 g/mol. The van der Waals surface area contributed by atoms with Gasteiger partial charge in [-0.2, -0.15) is 0 Å². The molecule has 0 unspecified atom stereocenters. The SMILES string of the molecule is CC1(C)CCC(C)(C)c2cc3c(cc21)N1c2c(cccc2C3(C)C)B2c3c(cc4c(c31)C(C)(C)c1ccccc1-4)-c1ccc(-c3ccccc3)cc1N2c1ccc(-c2ccccc2)cc1. The first-order valence-corrected chi connectivity index (χ1v) is 23.8. The third kappa shape index (κ3) is 5.19. The summed E-state index contributed by atoms with van der Waals surface area (Å²) in [4.78, 5) is 5.50. The van der Waals surface area contributed by atoms with Crippen molar-refractivity contribution in [3.05, 3.63) is 197 Å². The van der Waals surface area contributed by atoms with E-state index in [0.29, 0.717) is 0 Å². The Morgan fingerprint density at radius 2 is 1.00 bits per heavy atom. The monoisotopic (exact) mass is 838 g/mol. The molecule has 0 saturated heterocycles. The molecule has 3 heteroatoms. The van der Waals surface area contributed by atoms with Gasteiger partial charge in [-0.1, -0.05) is 189 Å². The molecular formula is C62H55BN2. The summed E-state index contributed by atoms with van der Waals surface area (Å²) in [5, 5.41) is 0. The van der Waals surface area contributed by atoms with Crippen molar-refractivity contribution in [1.82, 2.24) is 0 Å². The first-order chi connectivity index (χ1) is 31.3. The molecule has 0 aromatic heterocycles. The molecule has 0 atom stereocenters. The smallest absolute Gasteiger partial charge is 0.333 e. The van der Waals surface area contributed by atoms with Crippen LogP contribution in [-0.2, 0) is 21.7 Å². The van der Waals surface area contributed by atoms with Gasteiger partial charge in [-0.15, -0.1) is 0 Å². The highest BCUT2D eigenvalue weighted by Crippen LogP contribution is 2.62. The zero-order chi connectivity index (χ0) is 44.4. The second-order valence-corrected chi connectivity index (χ2v) is 21.9. The fraction of sp³-hybridized carbons (Fsp3) is 0.226.